The van der Waals surface area contributed by atoms with Crippen molar-refractivity contribution in [2.75, 3.05) is 57.8 Å². The quantitative estimate of drug-likeness (QED) is 0.203. The van der Waals surface area contributed by atoms with Gasteiger partial charge in [0.1, 0.15) is 18.0 Å². The lowest BCUT2D eigenvalue weighted by Gasteiger charge is -2.26. The van der Waals surface area contributed by atoms with E-state index in [4.69, 9.17) is 24.0 Å². The van der Waals surface area contributed by atoms with Crippen molar-refractivity contribution in [1.29, 1.82) is 0 Å². The monoisotopic (exact) mass is 552 g/mol. The number of hydrogen-bond acceptors (Lipinski definition) is 9. The first-order valence-electron chi connectivity index (χ1n) is 11.6. The number of morpholine rings is 1. The van der Waals surface area contributed by atoms with E-state index in [2.05, 4.69) is 20.2 Å². The summed E-state index contributed by atoms with van der Waals surface area (Å²) in [4.78, 5) is 39.2. The maximum atomic E-state index is 12.4. The zero-order chi connectivity index (χ0) is 26.5. The Morgan fingerprint density at radius 3 is 2.46 bits per heavy atom. The van der Waals surface area contributed by atoms with E-state index in [1.54, 1.807) is 25.3 Å². The minimum atomic E-state index is -4.65. The van der Waals surface area contributed by atoms with Gasteiger partial charge in [0, 0.05) is 42.1 Å². The number of methoxy groups -OCH3 is 1. The zero-order valence-electron chi connectivity index (χ0n) is 20.3. The number of ether oxygens (including phenoxy) is 3. The Morgan fingerprint density at radius 1 is 1.05 bits per heavy atom. The number of nitrogens with zero attached hydrogens (tertiary/aromatic N) is 3. The van der Waals surface area contributed by atoms with Crippen LogP contribution in [0, 0.1) is 0 Å². The second-order valence-corrected chi connectivity index (χ2v) is 13.0. The lowest BCUT2D eigenvalue weighted by molar-refractivity contribution is 0.0357. The van der Waals surface area contributed by atoms with Gasteiger partial charge in [-0.15, -0.1) is 0 Å². The summed E-state index contributed by atoms with van der Waals surface area (Å²) in [6.45, 7) is 4.78. The summed E-state index contributed by atoms with van der Waals surface area (Å²) in [6.07, 6.45) is 2.25. The number of anilines is 2. The predicted molar refractivity (Wildman–Crippen MR) is 140 cm³/mol. The van der Waals surface area contributed by atoms with Crippen molar-refractivity contribution in [2.24, 2.45) is 0 Å². The third kappa shape index (κ3) is 7.49. The molecular formula is C23H30N4O8P2. The molecule has 0 saturated carbocycles. The average Bonchev–Trinajstić information content (AvgIpc) is 2.86. The fourth-order valence-corrected chi connectivity index (χ4v) is 7.24. The van der Waals surface area contributed by atoms with E-state index in [1.165, 1.54) is 18.5 Å². The van der Waals surface area contributed by atoms with E-state index < -0.39 is 20.9 Å². The van der Waals surface area contributed by atoms with E-state index in [1.807, 2.05) is 6.07 Å². The van der Waals surface area contributed by atoms with E-state index in [0.29, 0.717) is 40.5 Å². The largest absolute Gasteiger partial charge is 0.493 e. The topological polar surface area (TPSA) is 164 Å². The first-order chi connectivity index (χ1) is 17.6. The van der Waals surface area contributed by atoms with Crippen LogP contribution in [0.4, 0.5) is 11.5 Å². The smallest absolute Gasteiger partial charge is 0.335 e. The van der Waals surface area contributed by atoms with E-state index in [0.717, 1.165) is 39.3 Å². The third-order valence-electron chi connectivity index (χ3n) is 5.81. The molecule has 3 aromatic rings. The van der Waals surface area contributed by atoms with E-state index in [-0.39, 0.29) is 5.30 Å². The van der Waals surface area contributed by atoms with Gasteiger partial charge in [-0.25, -0.2) is 9.97 Å². The predicted octanol–water partition coefficient (Wildman–Crippen LogP) is 2.51. The molecule has 0 radical (unpaired) electrons. The standard InChI is InChI=1S/C23H30N4O8P2/c1-33-21-14-20-19(13-22(21)35-10-2-7-27-8-11-34-12-9-27)23(25-15-24-20)26-17-3-5-18(6-4-17)36(28,29)16-37(30,31)32/h3-6,13-15H,2,7-12,16H2,1H3,(H,28,29)(H,24,25,26)(H2,30,31,32). The minimum absolute atomic E-state index is 0.0496. The van der Waals surface area contributed by atoms with Crippen LogP contribution in [0.5, 0.6) is 11.5 Å². The van der Waals surface area contributed by atoms with Crippen molar-refractivity contribution in [3.05, 3.63) is 42.7 Å². The third-order valence-corrected chi connectivity index (χ3v) is 9.92. The fraction of sp³-hybridized carbons (Fsp3) is 0.391. The van der Waals surface area contributed by atoms with Crippen LogP contribution in [-0.4, -0.2) is 82.0 Å². The molecule has 0 amide bonds. The Bertz CT molecular complexity index is 1310. The summed E-state index contributed by atoms with van der Waals surface area (Å²) in [5.74, 6) is 0.488. The Labute approximate surface area is 214 Å². The van der Waals surface area contributed by atoms with Gasteiger partial charge in [-0.1, -0.05) is 0 Å². The molecule has 1 aromatic heterocycles. The minimum Gasteiger partial charge on any atom is -0.493 e. The average molecular weight is 552 g/mol. The molecule has 14 heteroatoms. The number of rotatable bonds is 11. The molecular weight excluding hydrogens is 522 g/mol. The number of benzene rings is 2. The zero-order valence-corrected chi connectivity index (χ0v) is 22.1. The van der Waals surface area contributed by atoms with Gasteiger partial charge in [0.2, 0.25) is 7.37 Å². The van der Waals surface area contributed by atoms with Gasteiger partial charge in [0.15, 0.2) is 11.5 Å². The molecule has 2 heterocycles. The maximum absolute atomic E-state index is 12.4. The molecule has 0 bridgehead atoms. The molecule has 0 aliphatic carbocycles. The first-order valence-corrected chi connectivity index (χ1v) is 15.3. The van der Waals surface area contributed by atoms with Crippen LogP contribution in [-0.2, 0) is 13.9 Å². The molecule has 4 N–H and O–H groups in total. The summed E-state index contributed by atoms with van der Waals surface area (Å²) < 4.78 is 40.5. The molecule has 1 atom stereocenters. The van der Waals surface area contributed by atoms with Gasteiger partial charge in [-0.3, -0.25) is 14.0 Å². The van der Waals surface area contributed by atoms with Crippen molar-refractivity contribution >= 4 is 42.7 Å². The Morgan fingerprint density at radius 2 is 1.78 bits per heavy atom. The normalized spacial score (nSPS) is 16.3. The highest BCUT2D eigenvalue weighted by Crippen LogP contribution is 2.53. The summed E-state index contributed by atoms with van der Waals surface area (Å²) in [7, 11) is -7.29. The Kier molecular flexibility index (Phi) is 8.82. The highest BCUT2D eigenvalue weighted by molar-refractivity contribution is 7.77. The van der Waals surface area contributed by atoms with Crippen molar-refractivity contribution in [1.82, 2.24) is 14.9 Å². The van der Waals surface area contributed by atoms with E-state index >= 15 is 0 Å². The molecule has 0 spiro atoms. The molecule has 1 fully saturated rings. The van der Waals surface area contributed by atoms with Crippen molar-refractivity contribution in [3.8, 4) is 11.5 Å². The molecule has 4 rings (SSSR count). The van der Waals surface area contributed by atoms with Crippen LogP contribution < -0.4 is 20.1 Å². The molecule has 200 valence electrons. The Balaban J connectivity index is 1.49. The number of nitrogens with one attached hydrogen (secondary N) is 1. The van der Waals surface area contributed by atoms with Crippen molar-refractivity contribution in [3.63, 3.8) is 0 Å². The van der Waals surface area contributed by atoms with Gasteiger partial charge in [-0.2, -0.15) is 0 Å². The van der Waals surface area contributed by atoms with Gasteiger partial charge in [0.05, 0.1) is 32.4 Å². The molecule has 37 heavy (non-hydrogen) atoms. The van der Waals surface area contributed by atoms with Gasteiger partial charge in [-0.05, 0) is 36.8 Å². The molecule has 1 aliphatic rings. The summed E-state index contributed by atoms with van der Waals surface area (Å²) in [5.41, 5.74) is 1.19. The Hall–Kier alpha value is -2.56. The van der Waals surface area contributed by atoms with Gasteiger partial charge >= 0.3 is 7.60 Å². The fourth-order valence-electron chi connectivity index (χ4n) is 3.98. The lowest BCUT2D eigenvalue weighted by atomic mass is 10.2. The van der Waals surface area contributed by atoms with Gasteiger partial charge < -0.3 is 34.2 Å². The number of aromatic nitrogens is 2. The molecule has 2 aromatic carbocycles. The summed E-state index contributed by atoms with van der Waals surface area (Å²) in [6, 6.07) is 9.37. The second-order valence-electron chi connectivity index (χ2n) is 8.58. The summed E-state index contributed by atoms with van der Waals surface area (Å²) in [5, 5.41) is 3.79. The van der Waals surface area contributed by atoms with Crippen LogP contribution in [0.25, 0.3) is 10.9 Å². The molecule has 1 saturated heterocycles. The SMILES string of the molecule is COc1cc2ncnc(Nc3ccc(P(=O)(O)CP(=O)(O)O)cc3)c2cc1OCCCN1CCOCC1. The lowest BCUT2D eigenvalue weighted by Crippen LogP contribution is -2.37. The summed E-state index contributed by atoms with van der Waals surface area (Å²) >= 11 is 0. The van der Waals surface area contributed by atoms with Crippen LogP contribution in [0.2, 0.25) is 0 Å². The highest BCUT2D eigenvalue weighted by atomic mass is 31.2. The molecule has 12 nitrogen and oxygen atoms in total. The maximum Gasteiger partial charge on any atom is 0.335 e. The second kappa shape index (κ2) is 11.9. The van der Waals surface area contributed by atoms with Crippen LogP contribution in [0.15, 0.2) is 42.7 Å². The van der Waals surface area contributed by atoms with Crippen molar-refractivity contribution < 1.29 is 38.0 Å². The van der Waals surface area contributed by atoms with E-state index in [9.17, 15) is 14.0 Å². The first kappa shape index (κ1) is 27.5. The van der Waals surface area contributed by atoms with Crippen LogP contribution >= 0.6 is 15.0 Å². The van der Waals surface area contributed by atoms with Crippen molar-refractivity contribution in [2.45, 2.75) is 6.42 Å². The van der Waals surface area contributed by atoms with Gasteiger partial charge in [0.25, 0.3) is 0 Å². The highest BCUT2D eigenvalue weighted by Gasteiger charge is 2.31. The number of fused-ring (bicyclic) bond motifs is 1. The van der Waals surface area contributed by atoms with Crippen LogP contribution in [0.1, 0.15) is 6.42 Å². The number of hydrogen-bond donors (Lipinski definition) is 4. The molecule has 1 aliphatic heterocycles. The van der Waals surface area contributed by atoms with Crippen LogP contribution in [0.3, 0.4) is 0 Å². The molecule has 1 unspecified atom stereocenters.